The summed E-state index contributed by atoms with van der Waals surface area (Å²) in [6, 6.07) is 6.59. The van der Waals surface area contributed by atoms with Gasteiger partial charge in [0.05, 0.1) is 10.9 Å². The fourth-order valence-electron chi connectivity index (χ4n) is 2.52. The molecule has 0 atom stereocenters. The van der Waals surface area contributed by atoms with Gasteiger partial charge in [0.1, 0.15) is 11.3 Å². The number of hydrogen-bond acceptors (Lipinski definition) is 4. The molecule has 0 saturated heterocycles. The lowest BCUT2D eigenvalue weighted by Gasteiger charge is -2.10. The first-order chi connectivity index (χ1) is 12.6. The van der Waals surface area contributed by atoms with E-state index >= 15 is 0 Å². The number of hydrogen-bond donors (Lipinski definition) is 1. The van der Waals surface area contributed by atoms with Gasteiger partial charge in [0.2, 0.25) is 0 Å². The van der Waals surface area contributed by atoms with Crippen molar-refractivity contribution < 1.29 is 18.0 Å². The van der Waals surface area contributed by atoms with Crippen LogP contribution < -0.4 is 16.6 Å². The van der Waals surface area contributed by atoms with Crippen LogP contribution in [0.4, 0.5) is 18.9 Å². The van der Waals surface area contributed by atoms with Crippen molar-refractivity contribution in [3.8, 4) is 0 Å². The van der Waals surface area contributed by atoms with E-state index in [9.17, 15) is 27.6 Å². The lowest BCUT2D eigenvalue weighted by atomic mass is 10.2. The molecular weight excluding hydrogens is 365 g/mol. The molecule has 0 spiro atoms. The number of pyridine rings is 1. The van der Waals surface area contributed by atoms with Gasteiger partial charge in [-0.05, 0) is 36.4 Å². The molecule has 0 radical (unpaired) electrons. The molecule has 0 bridgehead atoms. The molecule has 10 heteroatoms. The number of alkyl halides is 3. The lowest BCUT2D eigenvalue weighted by Crippen LogP contribution is -2.37. The molecule has 27 heavy (non-hydrogen) atoms. The minimum atomic E-state index is -4.47. The molecule has 1 N–H and O–H groups in total. The Morgan fingerprint density at radius 1 is 1.00 bits per heavy atom. The number of rotatable bonds is 2. The predicted molar refractivity (Wildman–Crippen MR) is 91.6 cm³/mol. The SMILES string of the molecule is Cn1c(=O)c2ccc(C(=O)Nc3ccc(C(F)(F)F)cc3)nc2n(C)c1=O. The van der Waals surface area contributed by atoms with Crippen molar-refractivity contribution in [2.45, 2.75) is 6.18 Å². The molecule has 1 aromatic carbocycles. The molecule has 0 aliphatic rings. The number of nitrogens with one attached hydrogen (secondary N) is 1. The van der Waals surface area contributed by atoms with Crippen molar-refractivity contribution in [2.75, 3.05) is 5.32 Å². The van der Waals surface area contributed by atoms with E-state index in [1.54, 1.807) is 0 Å². The van der Waals surface area contributed by atoms with Crippen LogP contribution in [-0.2, 0) is 20.3 Å². The number of fused-ring (bicyclic) bond motifs is 1. The maximum absolute atomic E-state index is 12.6. The van der Waals surface area contributed by atoms with Crippen molar-refractivity contribution in [3.05, 3.63) is 68.5 Å². The molecular formula is C17H13F3N4O3. The van der Waals surface area contributed by atoms with Crippen LogP contribution in [0.15, 0.2) is 46.0 Å². The van der Waals surface area contributed by atoms with Gasteiger partial charge in [-0.2, -0.15) is 13.2 Å². The van der Waals surface area contributed by atoms with Gasteiger partial charge < -0.3 is 5.32 Å². The van der Waals surface area contributed by atoms with Crippen molar-refractivity contribution in [3.63, 3.8) is 0 Å². The zero-order chi connectivity index (χ0) is 19.9. The first-order valence-corrected chi connectivity index (χ1v) is 7.65. The van der Waals surface area contributed by atoms with Gasteiger partial charge in [-0.15, -0.1) is 0 Å². The molecule has 0 saturated carbocycles. The molecule has 7 nitrogen and oxygen atoms in total. The quantitative estimate of drug-likeness (QED) is 0.738. The van der Waals surface area contributed by atoms with Crippen LogP contribution in [-0.4, -0.2) is 20.0 Å². The Kier molecular flexibility index (Phi) is 4.34. The molecule has 0 aliphatic heterocycles. The Morgan fingerprint density at radius 3 is 2.22 bits per heavy atom. The van der Waals surface area contributed by atoms with E-state index in [0.717, 1.165) is 33.4 Å². The van der Waals surface area contributed by atoms with Crippen molar-refractivity contribution in [1.82, 2.24) is 14.1 Å². The number of benzene rings is 1. The van der Waals surface area contributed by atoms with Crippen LogP contribution in [0.3, 0.4) is 0 Å². The third-order valence-electron chi connectivity index (χ3n) is 4.00. The van der Waals surface area contributed by atoms with Gasteiger partial charge in [-0.25, -0.2) is 9.78 Å². The van der Waals surface area contributed by atoms with Crippen LogP contribution in [0, 0.1) is 0 Å². The smallest absolute Gasteiger partial charge is 0.321 e. The van der Waals surface area contributed by atoms with Gasteiger partial charge >= 0.3 is 11.9 Å². The molecule has 0 fully saturated rings. The summed E-state index contributed by atoms with van der Waals surface area (Å²) in [4.78, 5) is 40.5. The van der Waals surface area contributed by atoms with Gasteiger partial charge in [-0.1, -0.05) is 0 Å². The fraction of sp³-hybridized carbons (Fsp3) is 0.176. The highest BCUT2D eigenvalue weighted by Crippen LogP contribution is 2.29. The summed E-state index contributed by atoms with van der Waals surface area (Å²) < 4.78 is 39.8. The summed E-state index contributed by atoms with van der Waals surface area (Å²) >= 11 is 0. The highest BCUT2D eigenvalue weighted by atomic mass is 19.4. The highest BCUT2D eigenvalue weighted by molar-refractivity contribution is 6.03. The van der Waals surface area contributed by atoms with E-state index in [-0.39, 0.29) is 22.4 Å². The van der Waals surface area contributed by atoms with E-state index in [0.29, 0.717) is 0 Å². The summed E-state index contributed by atoms with van der Waals surface area (Å²) in [5, 5.41) is 2.58. The average Bonchev–Trinajstić information content (AvgIpc) is 2.63. The number of anilines is 1. The summed E-state index contributed by atoms with van der Waals surface area (Å²) in [6.45, 7) is 0. The zero-order valence-electron chi connectivity index (χ0n) is 14.2. The normalized spacial score (nSPS) is 11.6. The molecule has 2 heterocycles. The second-order valence-corrected chi connectivity index (χ2v) is 5.80. The maximum atomic E-state index is 12.6. The number of aromatic nitrogens is 3. The van der Waals surface area contributed by atoms with Crippen molar-refractivity contribution in [2.24, 2.45) is 14.1 Å². The lowest BCUT2D eigenvalue weighted by molar-refractivity contribution is -0.137. The minimum Gasteiger partial charge on any atom is -0.321 e. The van der Waals surface area contributed by atoms with Crippen LogP contribution in [0.25, 0.3) is 11.0 Å². The first-order valence-electron chi connectivity index (χ1n) is 7.65. The summed E-state index contributed by atoms with van der Waals surface area (Å²) in [5.41, 5.74) is -1.90. The van der Waals surface area contributed by atoms with E-state index < -0.39 is 28.9 Å². The van der Waals surface area contributed by atoms with Crippen LogP contribution in [0.2, 0.25) is 0 Å². The monoisotopic (exact) mass is 378 g/mol. The first kappa shape index (κ1) is 18.4. The number of halogens is 3. The summed E-state index contributed by atoms with van der Waals surface area (Å²) in [7, 11) is 2.74. The van der Waals surface area contributed by atoms with Gasteiger partial charge in [0.25, 0.3) is 11.5 Å². The second kappa shape index (κ2) is 6.38. The summed E-state index contributed by atoms with van der Waals surface area (Å²) in [5.74, 6) is -0.690. The third kappa shape index (κ3) is 3.33. The second-order valence-electron chi connectivity index (χ2n) is 5.80. The Hall–Kier alpha value is -3.43. The number of nitrogens with zero attached hydrogens (tertiary/aromatic N) is 3. The molecule has 0 aliphatic carbocycles. The molecule has 3 aromatic rings. The molecule has 3 rings (SSSR count). The van der Waals surface area contributed by atoms with Crippen LogP contribution in [0.5, 0.6) is 0 Å². The van der Waals surface area contributed by atoms with E-state index in [2.05, 4.69) is 10.3 Å². The molecule has 0 unspecified atom stereocenters. The zero-order valence-corrected chi connectivity index (χ0v) is 14.2. The fourth-order valence-corrected chi connectivity index (χ4v) is 2.52. The average molecular weight is 378 g/mol. The maximum Gasteiger partial charge on any atom is 0.416 e. The molecule has 140 valence electrons. The van der Waals surface area contributed by atoms with Gasteiger partial charge in [0, 0.05) is 19.8 Å². The number of aryl methyl sites for hydroxylation is 1. The van der Waals surface area contributed by atoms with E-state index in [1.165, 1.54) is 26.2 Å². The predicted octanol–water partition coefficient (Wildman–Crippen LogP) is 1.90. The third-order valence-corrected chi connectivity index (χ3v) is 4.00. The molecule has 1 amide bonds. The number of carbonyl (C=O) groups excluding carboxylic acids is 1. The standard InChI is InChI=1S/C17H13F3N4O3/c1-23-13-11(15(26)24(2)16(23)27)7-8-12(22-13)14(25)21-10-5-3-9(4-6-10)17(18,19)20/h3-8H,1-2H3,(H,21,25). The Morgan fingerprint density at radius 2 is 1.63 bits per heavy atom. The van der Waals surface area contributed by atoms with Crippen molar-refractivity contribution >= 4 is 22.6 Å². The number of carbonyl (C=O) groups is 1. The topological polar surface area (TPSA) is 86.0 Å². The minimum absolute atomic E-state index is 0.0307. The van der Waals surface area contributed by atoms with Gasteiger partial charge in [0.15, 0.2) is 0 Å². The Labute approximate surface area is 149 Å². The van der Waals surface area contributed by atoms with Crippen molar-refractivity contribution in [1.29, 1.82) is 0 Å². The van der Waals surface area contributed by atoms with Crippen LogP contribution in [0.1, 0.15) is 16.1 Å². The van der Waals surface area contributed by atoms with Gasteiger partial charge in [-0.3, -0.25) is 18.7 Å². The highest BCUT2D eigenvalue weighted by Gasteiger charge is 2.30. The Balaban J connectivity index is 1.95. The number of amides is 1. The molecule has 2 aromatic heterocycles. The van der Waals surface area contributed by atoms with E-state index in [4.69, 9.17) is 0 Å². The largest absolute Gasteiger partial charge is 0.416 e. The Bertz CT molecular complexity index is 1160. The van der Waals surface area contributed by atoms with E-state index in [1.807, 2.05) is 0 Å². The summed E-state index contributed by atoms with van der Waals surface area (Å²) in [6.07, 6.45) is -4.47. The van der Waals surface area contributed by atoms with Crippen LogP contribution >= 0.6 is 0 Å².